The topological polar surface area (TPSA) is 116 Å². The molecule has 0 unspecified atom stereocenters. The van der Waals surface area contributed by atoms with E-state index in [-0.39, 0.29) is 28.5 Å². The van der Waals surface area contributed by atoms with Crippen LogP contribution in [0.25, 0.3) is 11.1 Å². The molecule has 3 aromatic rings. The molecule has 0 atom stereocenters. The summed E-state index contributed by atoms with van der Waals surface area (Å²) in [5.74, 6) is 0.0125. The van der Waals surface area contributed by atoms with Crippen LogP contribution in [0.1, 0.15) is 27.0 Å². The van der Waals surface area contributed by atoms with Gasteiger partial charge in [0.1, 0.15) is 28.5 Å². The van der Waals surface area contributed by atoms with Crippen LogP contribution in [-0.2, 0) is 0 Å². The van der Waals surface area contributed by atoms with E-state index < -0.39 is 0 Å². The van der Waals surface area contributed by atoms with Crippen LogP contribution >= 0.6 is 11.8 Å². The highest BCUT2D eigenvalue weighted by molar-refractivity contribution is 8.00. The number of hydrogen-bond donors (Lipinski definition) is 1. The standard InChI is InChI=1S/C21H15N5OS/c1-13-2-4-15(5-3-13)19-16(10-22)20(24)26-21(17(19)11-23)28-12-18(27)14-6-8-25-9-7-14/h2-9H,12H2,1H3,(H2,24,26). The monoisotopic (exact) mass is 385 g/mol. The summed E-state index contributed by atoms with van der Waals surface area (Å²) in [5, 5.41) is 19.6. The number of aromatic nitrogens is 2. The number of nitrogen functional groups attached to an aromatic ring is 1. The number of hydrogen-bond acceptors (Lipinski definition) is 7. The molecule has 0 bridgehead atoms. The number of rotatable bonds is 5. The van der Waals surface area contributed by atoms with Crippen molar-refractivity contribution >= 4 is 23.4 Å². The summed E-state index contributed by atoms with van der Waals surface area (Å²) >= 11 is 1.13. The number of nitriles is 2. The Morgan fingerprint density at radius 3 is 2.32 bits per heavy atom. The Bertz CT molecular complexity index is 1110. The van der Waals surface area contributed by atoms with Crippen molar-refractivity contribution in [2.75, 3.05) is 11.5 Å². The zero-order valence-corrected chi connectivity index (χ0v) is 15.8. The summed E-state index contributed by atoms with van der Waals surface area (Å²) in [5.41, 5.74) is 9.12. The average Bonchev–Trinajstić information content (AvgIpc) is 2.72. The first-order valence-corrected chi connectivity index (χ1v) is 9.30. The Labute approximate surface area is 166 Å². The molecule has 7 heteroatoms. The predicted molar refractivity (Wildman–Crippen MR) is 108 cm³/mol. The lowest BCUT2D eigenvalue weighted by Crippen LogP contribution is -2.06. The predicted octanol–water partition coefficient (Wildman–Crippen LogP) is 3.75. The Kier molecular flexibility index (Phi) is 5.69. The molecule has 0 radical (unpaired) electrons. The van der Waals surface area contributed by atoms with Gasteiger partial charge in [-0.1, -0.05) is 41.6 Å². The molecular weight excluding hydrogens is 370 g/mol. The summed E-state index contributed by atoms with van der Waals surface area (Å²) in [7, 11) is 0. The van der Waals surface area contributed by atoms with E-state index >= 15 is 0 Å². The highest BCUT2D eigenvalue weighted by atomic mass is 32.2. The van der Waals surface area contributed by atoms with Crippen LogP contribution in [0.3, 0.4) is 0 Å². The Hall–Kier alpha value is -3.68. The fourth-order valence-electron chi connectivity index (χ4n) is 2.67. The Morgan fingerprint density at radius 2 is 1.71 bits per heavy atom. The largest absolute Gasteiger partial charge is 0.383 e. The summed E-state index contributed by atoms with van der Waals surface area (Å²) in [6, 6.07) is 14.9. The van der Waals surface area contributed by atoms with Gasteiger partial charge in [-0.25, -0.2) is 4.98 Å². The van der Waals surface area contributed by atoms with Gasteiger partial charge in [-0.3, -0.25) is 9.78 Å². The lowest BCUT2D eigenvalue weighted by Gasteiger charge is -2.13. The quantitative estimate of drug-likeness (QED) is 0.525. The second-order valence-electron chi connectivity index (χ2n) is 5.96. The molecule has 0 aliphatic rings. The molecule has 0 aliphatic carbocycles. The number of carbonyl (C=O) groups excluding carboxylic acids is 1. The van der Waals surface area contributed by atoms with Crippen molar-refractivity contribution in [1.82, 2.24) is 9.97 Å². The van der Waals surface area contributed by atoms with Crippen LogP contribution < -0.4 is 5.73 Å². The molecule has 2 heterocycles. The van der Waals surface area contributed by atoms with Crippen LogP contribution in [-0.4, -0.2) is 21.5 Å². The van der Waals surface area contributed by atoms with Crippen LogP contribution in [0.4, 0.5) is 5.82 Å². The minimum Gasteiger partial charge on any atom is -0.383 e. The fourth-order valence-corrected chi connectivity index (χ4v) is 3.56. The van der Waals surface area contributed by atoms with E-state index in [0.717, 1.165) is 17.3 Å². The highest BCUT2D eigenvalue weighted by Gasteiger charge is 2.21. The van der Waals surface area contributed by atoms with Crippen molar-refractivity contribution in [3.63, 3.8) is 0 Å². The molecular formula is C21H15N5OS. The van der Waals surface area contributed by atoms with E-state index in [1.54, 1.807) is 24.5 Å². The molecule has 0 aliphatic heterocycles. The maximum absolute atomic E-state index is 12.4. The second-order valence-corrected chi connectivity index (χ2v) is 6.93. The van der Waals surface area contributed by atoms with E-state index in [9.17, 15) is 15.3 Å². The summed E-state index contributed by atoms with van der Waals surface area (Å²) in [6.07, 6.45) is 3.10. The third-order valence-corrected chi connectivity index (χ3v) is 5.07. The number of nitrogens with zero attached hydrogens (tertiary/aromatic N) is 4. The molecule has 136 valence electrons. The second kappa shape index (κ2) is 8.34. The van der Waals surface area contributed by atoms with Gasteiger partial charge in [0, 0.05) is 23.5 Å². The number of aryl methyl sites for hydroxylation is 1. The molecule has 6 nitrogen and oxygen atoms in total. The first-order valence-electron chi connectivity index (χ1n) is 8.32. The molecule has 2 aromatic heterocycles. The highest BCUT2D eigenvalue weighted by Crippen LogP contribution is 2.35. The zero-order chi connectivity index (χ0) is 20.1. The fraction of sp³-hybridized carbons (Fsp3) is 0.0952. The summed E-state index contributed by atoms with van der Waals surface area (Å²) in [6.45, 7) is 1.95. The third-order valence-electron chi connectivity index (χ3n) is 4.10. The van der Waals surface area contributed by atoms with Gasteiger partial charge < -0.3 is 5.73 Å². The third kappa shape index (κ3) is 3.85. The SMILES string of the molecule is Cc1ccc(-c2c(C#N)c(N)nc(SCC(=O)c3ccncc3)c2C#N)cc1. The van der Waals surface area contributed by atoms with E-state index in [1.807, 2.05) is 37.3 Å². The van der Waals surface area contributed by atoms with E-state index in [4.69, 9.17) is 5.73 Å². The van der Waals surface area contributed by atoms with Crippen molar-refractivity contribution in [1.29, 1.82) is 10.5 Å². The van der Waals surface area contributed by atoms with Gasteiger partial charge in [0.2, 0.25) is 0 Å². The lowest BCUT2D eigenvalue weighted by molar-refractivity contribution is 0.102. The molecule has 28 heavy (non-hydrogen) atoms. The van der Waals surface area contributed by atoms with Gasteiger partial charge in [0.05, 0.1) is 11.3 Å². The first kappa shape index (κ1) is 19.1. The van der Waals surface area contributed by atoms with Crippen LogP contribution in [0, 0.1) is 29.6 Å². The zero-order valence-electron chi connectivity index (χ0n) is 15.0. The van der Waals surface area contributed by atoms with E-state index in [0.29, 0.717) is 21.7 Å². The van der Waals surface area contributed by atoms with E-state index in [2.05, 4.69) is 16.0 Å². The van der Waals surface area contributed by atoms with Gasteiger partial charge in [-0.15, -0.1) is 0 Å². The molecule has 3 rings (SSSR count). The van der Waals surface area contributed by atoms with Crippen LogP contribution in [0.15, 0.2) is 53.8 Å². The maximum atomic E-state index is 12.4. The van der Waals surface area contributed by atoms with Crippen LogP contribution in [0.2, 0.25) is 0 Å². The molecule has 0 saturated heterocycles. The molecule has 2 N–H and O–H groups in total. The summed E-state index contributed by atoms with van der Waals surface area (Å²) < 4.78 is 0. The first-order chi connectivity index (χ1) is 13.5. The number of anilines is 1. The Morgan fingerprint density at radius 1 is 1.07 bits per heavy atom. The van der Waals surface area contributed by atoms with Gasteiger partial charge in [0.25, 0.3) is 0 Å². The molecule has 1 aromatic carbocycles. The molecule has 0 amide bonds. The number of pyridine rings is 2. The number of carbonyl (C=O) groups is 1. The number of nitrogens with two attached hydrogens (primary N) is 1. The smallest absolute Gasteiger partial charge is 0.173 e. The lowest BCUT2D eigenvalue weighted by atomic mass is 9.96. The number of ketones is 1. The maximum Gasteiger partial charge on any atom is 0.173 e. The normalized spacial score (nSPS) is 10.1. The van der Waals surface area contributed by atoms with Gasteiger partial charge in [-0.2, -0.15) is 10.5 Å². The number of benzene rings is 1. The Balaban J connectivity index is 2.03. The van der Waals surface area contributed by atoms with Crippen molar-refractivity contribution in [3.05, 3.63) is 71.0 Å². The minimum atomic E-state index is -0.113. The van der Waals surface area contributed by atoms with Gasteiger partial charge >= 0.3 is 0 Å². The van der Waals surface area contributed by atoms with Crippen LogP contribution in [0.5, 0.6) is 0 Å². The van der Waals surface area contributed by atoms with Crippen molar-refractivity contribution in [2.24, 2.45) is 0 Å². The number of thioether (sulfide) groups is 1. The van der Waals surface area contributed by atoms with Crippen molar-refractivity contribution in [3.8, 4) is 23.3 Å². The van der Waals surface area contributed by atoms with Crippen molar-refractivity contribution in [2.45, 2.75) is 11.9 Å². The van der Waals surface area contributed by atoms with Gasteiger partial charge in [0.15, 0.2) is 5.78 Å². The molecule has 0 spiro atoms. The number of Topliss-reactive ketones (excluding diaryl/α,β-unsaturated/α-hetero) is 1. The van der Waals surface area contributed by atoms with Crippen molar-refractivity contribution < 1.29 is 4.79 Å². The molecule has 0 saturated carbocycles. The van der Waals surface area contributed by atoms with E-state index in [1.165, 1.54) is 0 Å². The average molecular weight is 385 g/mol. The minimum absolute atomic E-state index is 0.0379. The summed E-state index contributed by atoms with van der Waals surface area (Å²) in [4.78, 5) is 20.5. The van der Waals surface area contributed by atoms with Gasteiger partial charge in [-0.05, 0) is 24.6 Å². The molecule has 0 fully saturated rings.